The van der Waals surface area contributed by atoms with E-state index in [1.165, 1.54) is 138 Å². The second kappa shape index (κ2) is 31.0. The van der Waals surface area contributed by atoms with E-state index >= 15 is 0 Å². The Morgan fingerprint density at radius 2 is 0.819 bits per heavy atom. The lowest BCUT2D eigenvalue weighted by Crippen LogP contribution is -2.37. The lowest BCUT2D eigenvalue weighted by molar-refractivity contribution is 0.0986. The number of unbranched alkanes of at least 4 members (excludes halogenated alkanes) is 1. The van der Waals surface area contributed by atoms with Crippen LogP contribution in [0.25, 0.3) is 32.7 Å². The van der Waals surface area contributed by atoms with Crippen LogP contribution < -0.4 is 0 Å². The number of hydrogen-bond donors (Lipinski definition) is 0. The third-order valence-corrected chi connectivity index (χ3v) is 18.4. The van der Waals surface area contributed by atoms with E-state index in [0.29, 0.717) is 12.3 Å². The van der Waals surface area contributed by atoms with E-state index < -0.39 is 0 Å². The van der Waals surface area contributed by atoms with Crippen molar-refractivity contribution in [2.75, 3.05) is 58.9 Å². The quantitative estimate of drug-likeness (QED) is 0.0594. The van der Waals surface area contributed by atoms with Gasteiger partial charge in [-0.1, -0.05) is 155 Å². The molecule has 0 radical (unpaired) electrons. The third kappa shape index (κ3) is 17.1. The molecule has 440 valence electrons. The summed E-state index contributed by atoms with van der Waals surface area (Å²) in [6.07, 6.45) is 23.5. The van der Waals surface area contributed by atoms with Crippen LogP contribution in [-0.2, 0) is 32.5 Å². The maximum Gasteiger partial charge on any atom is 0.164 e. The Morgan fingerprint density at radius 1 is 0.434 bits per heavy atom. The molecule has 3 aliphatic rings. The van der Waals surface area contributed by atoms with E-state index in [1.54, 1.807) is 13.8 Å². The van der Waals surface area contributed by atoms with E-state index in [0.717, 1.165) is 103 Å². The van der Waals surface area contributed by atoms with Gasteiger partial charge in [-0.05, 0) is 183 Å². The summed E-state index contributed by atoms with van der Waals surface area (Å²) in [6.45, 7) is 23.6. The van der Waals surface area contributed by atoms with Crippen LogP contribution in [0, 0.1) is 23.7 Å². The first kappa shape index (κ1) is 61.2. The highest BCUT2D eigenvalue weighted by atomic mass is 16.1. The maximum atomic E-state index is 12.3. The van der Waals surface area contributed by atoms with Crippen LogP contribution in [0.5, 0.6) is 0 Å². The number of aryl methyl sites for hydroxylation is 2. The number of rotatable bonds is 23. The number of aromatic nitrogens is 3. The minimum Gasteiger partial charge on any atom is -0.347 e. The zero-order valence-corrected chi connectivity index (χ0v) is 51.0. The molecular weight excluding hydrogens is 1020 g/mol. The van der Waals surface area contributed by atoms with Crippen molar-refractivity contribution >= 4 is 50.1 Å². The van der Waals surface area contributed by atoms with Crippen LogP contribution in [0.4, 0.5) is 0 Å². The second-order valence-corrected chi connectivity index (χ2v) is 24.8. The number of para-hydroxylation sites is 3. The molecule has 9 nitrogen and oxygen atoms in total. The molecule has 11 rings (SSSR count). The van der Waals surface area contributed by atoms with Gasteiger partial charge >= 0.3 is 0 Å². The summed E-state index contributed by atoms with van der Waals surface area (Å²) in [7, 11) is 0. The standard InChI is InChI=1S/C26H32N2O.C25H30N2O.C23H34N2O/c1-2-26(29)24-20-28(25-12-7-6-11-23(24)25)16-8-15-27-17-13-22(14-18-27)19-21-9-4-3-5-10-21;1-20(28)24-19-27(25-11-6-5-10-23(24)25)15-7-14-26-16-12-22(13-17-26)18-21-8-3-2-4-9-21;1-4-5-8-20-11-13-24(14-12-20)15-18(2)16-25-17-22(19(3)26)21-9-6-7-10-23(21)25/h3-7,9-12,20,22H,2,8,13-19H2,1H3;2-6,8-11,19,22H,7,12-18H2,1H3;6-7,9-10,17-18,20H,4-5,8,11-16H2,1-3H3. The number of piperidine rings is 3. The van der Waals surface area contributed by atoms with E-state index in [-0.39, 0.29) is 17.3 Å². The van der Waals surface area contributed by atoms with Gasteiger partial charge in [-0.25, -0.2) is 0 Å². The monoisotopic (exact) mass is 1120 g/mol. The number of fused-ring (bicyclic) bond motifs is 3. The van der Waals surface area contributed by atoms with Crippen molar-refractivity contribution in [3.63, 3.8) is 0 Å². The van der Waals surface area contributed by atoms with Crippen LogP contribution in [0.2, 0.25) is 0 Å². The fourth-order valence-corrected chi connectivity index (χ4v) is 13.7. The van der Waals surface area contributed by atoms with E-state index in [9.17, 15) is 14.4 Å². The van der Waals surface area contributed by atoms with E-state index in [4.69, 9.17) is 0 Å². The topological polar surface area (TPSA) is 75.7 Å². The second-order valence-electron chi connectivity index (χ2n) is 24.8. The van der Waals surface area contributed by atoms with Gasteiger partial charge in [-0.2, -0.15) is 0 Å². The van der Waals surface area contributed by atoms with Crippen molar-refractivity contribution < 1.29 is 14.4 Å². The van der Waals surface area contributed by atoms with Crippen molar-refractivity contribution in [3.05, 3.63) is 180 Å². The first-order chi connectivity index (χ1) is 40.5. The summed E-state index contributed by atoms with van der Waals surface area (Å²) in [4.78, 5) is 44.1. The van der Waals surface area contributed by atoms with Crippen molar-refractivity contribution in [2.45, 2.75) is 144 Å². The smallest absolute Gasteiger partial charge is 0.164 e. The van der Waals surface area contributed by atoms with Gasteiger partial charge in [-0.3, -0.25) is 14.4 Å². The Hall–Kier alpha value is -6.39. The Bertz CT molecular complexity index is 3270. The Kier molecular flexibility index (Phi) is 22.8. The van der Waals surface area contributed by atoms with Crippen LogP contribution in [0.15, 0.2) is 152 Å². The Balaban J connectivity index is 0.000000150. The molecule has 5 aromatic carbocycles. The minimum absolute atomic E-state index is 0.149. The molecule has 0 amide bonds. The zero-order chi connectivity index (χ0) is 57.9. The Morgan fingerprint density at radius 3 is 1.27 bits per heavy atom. The van der Waals surface area contributed by atoms with E-state index in [1.807, 2.05) is 31.3 Å². The van der Waals surface area contributed by atoms with Crippen LogP contribution in [0.1, 0.15) is 154 Å². The number of carbonyl (C=O) groups is 3. The molecule has 1 atom stereocenters. The van der Waals surface area contributed by atoms with Crippen molar-refractivity contribution in [1.82, 2.24) is 28.4 Å². The highest BCUT2D eigenvalue weighted by Gasteiger charge is 2.24. The molecule has 3 aromatic heterocycles. The fraction of sp³-hybridized carbons (Fsp3) is 0.473. The average molecular weight is 1120 g/mol. The number of benzene rings is 5. The van der Waals surface area contributed by atoms with Gasteiger partial charge < -0.3 is 28.4 Å². The Labute approximate surface area is 497 Å². The molecular formula is C74H96N6O3. The molecule has 0 N–H and O–H groups in total. The number of hydrogen-bond acceptors (Lipinski definition) is 6. The number of likely N-dealkylation sites (tertiary alicyclic amines) is 3. The zero-order valence-electron chi connectivity index (χ0n) is 51.0. The summed E-state index contributed by atoms with van der Waals surface area (Å²) in [5.74, 6) is 3.72. The molecule has 0 aliphatic carbocycles. The summed E-state index contributed by atoms with van der Waals surface area (Å²) in [6, 6.07) is 46.6. The third-order valence-electron chi connectivity index (χ3n) is 18.4. The van der Waals surface area contributed by atoms with Gasteiger partial charge in [0.25, 0.3) is 0 Å². The number of Topliss-reactive ketones (excluding diaryl/α,β-unsaturated/α-hetero) is 3. The van der Waals surface area contributed by atoms with Crippen molar-refractivity contribution in [1.29, 1.82) is 0 Å². The first-order valence-corrected chi connectivity index (χ1v) is 32.1. The number of carbonyl (C=O) groups excluding carboxylic acids is 3. The molecule has 83 heavy (non-hydrogen) atoms. The van der Waals surface area contributed by atoms with Gasteiger partial charge in [0.05, 0.1) is 0 Å². The first-order valence-electron chi connectivity index (χ1n) is 32.1. The molecule has 6 heterocycles. The van der Waals surface area contributed by atoms with Crippen LogP contribution in [0.3, 0.4) is 0 Å². The molecule has 3 fully saturated rings. The van der Waals surface area contributed by atoms with Crippen molar-refractivity contribution in [3.8, 4) is 0 Å². The summed E-state index contributed by atoms with van der Waals surface area (Å²) in [5.41, 5.74) is 9.07. The maximum absolute atomic E-state index is 12.3. The summed E-state index contributed by atoms with van der Waals surface area (Å²) < 4.78 is 6.82. The van der Waals surface area contributed by atoms with Crippen LogP contribution in [-0.4, -0.2) is 105 Å². The molecule has 0 saturated carbocycles. The normalized spacial score (nSPS) is 16.4. The van der Waals surface area contributed by atoms with Gasteiger partial charge in [0, 0.05) is 101 Å². The van der Waals surface area contributed by atoms with Gasteiger partial charge in [0.15, 0.2) is 17.3 Å². The summed E-state index contributed by atoms with van der Waals surface area (Å²) in [5, 5.41) is 3.27. The van der Waals surface area contributed by atoms with Gasteiger partial charge in [0.1, 0.15) is 0 Å². The molecule has 3 saturated heterocycles. The van der Waals surface area contributed by atoms with Crippen molar-refractivity contribution in [2.24, 2.45) is 23.7 Å². The van der Waals surface area contributed by atoms with E-state index in [2.05, 4.69) is 170 Å². The van der Waals surface area contributed by atoms with Gasteiger partial charge in [-0.15, -0.1) is 0 Å². The molecule has 0 bridgehead atoms. The SMILES string of the molecule is CC(=O)c1cn(CCCN2CCC(Cc3ccccc3)CC2)c2ccccc12.CCC(=O)c1cn(CCCN2CCC(Cc3ccccc3)CC2)c2ccccc12.CCCCC1CCN(CC(C)Cn2cc(C(C)=O)c3ccccc32)CC1. The highest BCUT2D eigenvalue weighted by molar-refractivity contribution is 6.09. The van der Waals surface area contributed by atoms with Gasteiger partial charge in [0.2, 0.25) is 0 Å². The summed E-state index contributed by atoms with van der Waals surface area (Å²) >= 11 is 0. The molecule has 3 aliphatic heterocycles. The lowest BCUT2D eigenvalue weighted by Gasteiger charge is -2.33. The predicted molar refractivity (Wildman–Crippen MR) is 346 cm³/mol. The largest absolute Gasteiger partial charge is 0.347 e. The average Bonchev–Trinajstić information content (AvgIpc) is 4.42. The van der Waals surface area contributed by atoms with Crippen LogP contribution >= 0.6 is 0 Å². The predicted octanol–water partition coefficient (Wildman–Crippen LogP) is 16.1. The molecule has 0 spiro atoms. The highest BCUT2D eigenvalue weighted by Crippen LogP contribution is 2.29. The number of ketones is 3. The lowest BCUT2D eigenvalue weighted by atomic mass is 9.90. The number of nitrogens with zero attached hydrogens (tertiary/aromatic N) is 6. The minimum atomic E-state index is 0.149. The molecule has 8 aromatic rings. The molecule has 1 unspecified atom stereocenters. The fourth-order valence-electron chi connectivity index (χ4n) is 13.7. The molecule has 9 heteroatoms.